The number of carbonyl (C=O) groups is 1. The van der Waals surface area contributed by atoms with E-state index in [1.54, 1.807) is 0 Å². The zero-order valence-corrected chi connectivity index (χ0v) is 9.14. The molecule has 0 bridgehead atoms. The van der Waals surface area contributed by atoms with Crippen LogP contribution in [0.5, 0.6) is 0 Å². The zero-order chi connectivity index (χ0) is 12.3. The second-order valence-electron chi connectivity index (χ2n) is 2.90. The average Bonchev–Trinajstić information content (AvgIpc) is 2.29. The third-order valence-electron chi connectivity index (χ3n) is 1.71. The van der Waals surface area contributed by atoms with E-state index in [0.717, 1.165) is 11.8 Å². The Labute approximate surface area is 98.9 Å². The van der Waals surface area contributed by atoms with Crippen LogP contribution < -0.4 is 5.56 Å². The Hall–Kier alpha value is -2.22. The number of carboxylic acids is 1. The number of hydrogen-bond acceptors (Lipinski definition) is 6. The van der Waals surface area contributed by atoms with E-state index in [9.17, 15) is 9.59 Å². The van der Waals surface area contributed by atoms with Gasteiger partial charge in [0.15, 0.2) is 10.9 Å². The van der Waals surface area contributed by atoms with Gasteiger partial charge < -0.3 is 10.1 Å². The lowest BCUT2D eigenvalue weighted by molar-refractivity contribution is 0.0689. The Bertz CT molecular complexity index is 596. The zero-order valence-electron chi connectivity index (χ0n) is 8.32. The van der Waals surface area contributed by atoms with Crippen molar-refractivity contribution in [2.75, 3.05) is 0 Å². The summed E-state index contributed by atoms with van der Waals surface area (Å²) in [6, 6.07) is 4.12. The SMILES string of the molecule is O=C(O)c1ccc(Sc2nccc(=O)[nH]2)nn1. The second-order valence-corrected chi connectivity index (χ2v) is 3.91. The summed E-state index contributed by atoms with van der Waals surface area (Å²) in [7, 11) is 0. The van der Waals surface area contributed by atoms with Crippen LogP contribution in [0, 0.1) is 0 Å². The molecule has 2 aromatic heterocycles. The maximum Gasteiger partial charge on any atom is 0.356 e. The molecule has 17 heavy (non-hydrogen) atoms. The highest BCUT2D eigenvalue weighted by molar-refractivity contribution is 7.99. The van der Waals surface area contributed by atoms with E-state index in [-0.39, 0.29) is 11.3 Å². The quantitative estimate of drug-likeness (QED) is 0.759. The van der Waals surface area contributed by atoms with Gasteiger partial charge in [0.1, 0.15) is 5.03 Å². The van der Waals surface area contributed by atoms with Crippen LogP contribution in [0.15, 0.2) is 39.4 Å². The molecular weight excluding hydrogens is 244 g/mol. The van der Waals surface area contributed by atoms with Gasteiger partial charge in [-0.1, -0.05) is 0 Å². The van der Waals surface area contributed by atoms with Crippen LogP contribution in [0.2, 0.25) is 0 Å². The van der Waals surface area contributed by atoms with E-state index in [1.165, 1.54) is 24.4 Å². The van der Waals surface area contributed by atoms with Crippen molar-refractivity contribution in [3.8, 4) is 0 Å². The molecule has 2 N–H and O–H groups in total. The molecule has 2 rings (SSSR count). The minimum absolute atomic E-state index is 0.135. The summed E-state index contributed by atoms with van der Waals surface area (Å²) < 4.78 is 0. The summed E-state index contributed by atoms with van der Waals surface area (Å²) >= 11 is 1.09. The van der Waals surface area contributed by atoms with Crippen LogP contribution in [-0.2, 0) is 0 Å². The van der Waals surface area contributed by atoms with Crippen LogP contribution in [0.25, 0.3) is 0 Å². The first kappa shape index (κ1) is 11.3. The first-order valence-corrected chi connectivity index (χ1v) is 5.27. The summed E-state index contributed by atoms with van der Waals surface area (Å²) in [4.78, 5) is 28.0. The smallest absolute Gasteiger partial charge is 0.356 e. The number of nitrogens with zero attached hydrogens (tertiary/aromatic N) is 3. The lowest BCUT2D eigenvalue weighted by atomic mass is 10.4. The Morgan fingerprint density at radius 2 is 2.12 bits per heavy atom. The molecule has 0 fully saturated rings. The molecule has 0 amide bonds. The first-order valence-electron chi connectivity index (χ1n) is 4.45. The van der Waals surface area contributed by atoms with E-state index in [0.29, 0.717) is 10.2 Å². The average molecular weight is 250 g/mol. The van der Waals surface area contributed by atoms with Crippen molar-refractivity contribution in [2.45, 2.75) is 10.2 Å². The Morgan fingerprint density at radius 1 is 1.29 bits per heavy atom. The van der Waals surface area contributed by atoms with Gasteiger partial charge in [0.05, 0.1) is 0 Å². The number of nitrogens with one attached hydrogen (secondary N) is 1. The standard InChI is InChI=1S/C9H6N4O3S/c14-6-3-4-10-9(11-6)17-7-2-1-5(8(15)16)12-13-7/h1-4H,(H,15,16)(H,10,11,14). The van der Waals surface area contributed by atoms with Gasteiger partial charge in [-0.25, -0.2) is 9.78 Å². The molecule has 7 nitrogen and oxygen atoms in total. The van der Waals surface area contributed by atoms with E-state index in [2.05, 4.69) is 20.2 Å². The third-order valence-corrected chi connectivity index (χ3v) is 2.54. The first-order chi connectivity index (χ1) is 8.15. The van der Waals surface area contributed by atoms with Crippen LogP contribution in [0.4, 0.5) is 0 Å². The maximum absolute atomic E-state index is 11.0. The highest BCUT2D eigenvalue weighted by Gasteiger charge is 2.06. The Balaban J connectivity index is 2.19. The van der Waals surface area contributed by atoms with E-state index < -0.39 is 5.97 Å². The van der Waals surface area contributed by atoms with Gasteiger partial charge in [-0.2, -0.15) is 0 Å². The molecule has 0 atom stereocenters. The van der Waals surface area contributed by atoms with Gasteiger partial charge >= 0.3 is 5.97 Å². The highest BCUT2D eigenvalue weighted by atomic mass is 32.2. The normalized spacial score (nSPS) is 10.1. The van der Waals surface area contributed by atoms with Crippen molar-refractivity contribution < 1.29 is 9.90 Å². The fourth-order valence-electron chi connectivity index (χ4n) is 0.991. The summed E-state index contributed by atoms with van der Waals surface area (Å²) in [5, 5.41) is 16.7. The summed E-state index contributed by atoms with van der Waals surface area (Å²) in [5.41, 5.74) is -0.401. The fourth-order valence-corrected chi connectivity index (χ4v) is 1.67. The molecule has 86 valence electrons. The van der Waals surface area contributed by atoms with Gasteiger partial charge in [0.2, 0.25) is 0 Å². The molecule has 0 unspecified atom stereocenters. The number of carboxylic acid groups (broad SMARTS) is 1. The molecule has 8 heteroatoms. The molecule has 0 saturated carbocycles. The topological polar surface area (TPSA) is 109 Å². The van der Waals surface area contributed by atoms with Gasteiger partial charge in [0, 0.05) is 12.3 Å². The van der Waals surface area contributed by atoms with Crippen LogP contribution >= 0.6 is 11.8 Å². The minimum Gasteiger partial charge on any atom is -0.476 e. The Morgan fingerprint density at radius 3 is 2.71 bits per heavy atom. The molecule has 0 radical (unpaired) electrons. The number of aromatic amines is 1. The largest absolute Gasteiger partial charge is 0.476 e. The molecule has 0 spiro atoms. The van der Waals surface area contributed by atoms with E-state index in [1.807, 2.05) is 0 Å². The predicted octanol–water partition coefficient (Wildman–Crippen LogP) is 0.409. The minimum atomic E-state index is -1.14. The molecule has 2 heterocycles. The van der Waals surface area contributed by atoms with Crippen LogP contribution in [-0.4, -0.2) is 31.2 Å². The molecule has 0 aliphatic heterocycles. The van der Waals surface area contributed by atoms with Crippen molar-refractivity contribution in [3.63, 3.8) is 0 Å². The molecule has 0 aliphatic rings. The number of hydrogen-bond donors (Lipinski definition) is 2. The number of H-pyrrole nitrogens is 1. The molecule has 0 saturated heterocycles. The number of aromatic nitrogens is 4. The van der Waals surface area contributed by atoms with Gasteiger partial charge in [0.25, 0.3) is 5.56 Å². The van der Waals surface area contributed by atoms with Crippen LogP contribution in [0.1, 0.15) is 10.5 Å². The van der Waals surface area contributed by atoms with Crippen molar-refractivity contribution in [1.82, 2.24) is 20.2 Å². The van der Waals surface area contributed by atoms with Crippen molar-refractivity contribution in [3.05, 3.63) is 40.4 Å². The van der Waals surface area contributed by atoms with Crippen molar-refractivity contribution in [1.29, 1.82) is 0 Å². The van der Waals surface area contributed by atoms with E-state index >= 15 is 0 Å². The van der Waals surface area contributed by atoms with Gasteiger partial charge in [-0.15, -0.1) is 10.2 Å². The lowest BCUT2D eigenvalue weighted by Crippen LogP contribution is -2.05. The lowest BCUT2D eigenvalue weighted by Gasteiger charge is -1.98. The molecular formula is C9H6N4O3S. The molecule has 0 aliphatic carbocycles. The van der Waals surface area contributed by atoms with Gasteiger partial charge in [-0.05, 0) is 23.9 Å². The predicted molar refractivity (Wildman–Crippen MR) is 58.0 cm³/mol. The van der Waals surface area contributed by atoms with Crippen molar-refractivity contribution in [2.24, 2.45) is 0 Å². The molecule has 0 aromatic carbocycles. The van der Waals surface area contributed by atoms with Crippen molar-refractivity contribution >= 4 is 17.7 Å². The fraction of sp³-hybridized carbons (Fsp3) is 0. The monoisotopic (exact) mass is 250 g/mol. The van der Waals surface area contributed by atoms with Gasteiger partial charge in [-0.3, -0.25) is 4.79 Å². The van der Waals surface area contributed by atoms with E-state index in [4.69, 9.17) is 5.11 Å². The summed E-state index contributed by atoms with van der Waals surface area (Å²) in [5.74, 6) is -1.14. The number of aromatic carboxylic acids is 1. The summed E-state index contributed by atoms with van der Waals surface area (Å²) in [6.45, 7) is 0. The summed E-state index contributed by atoms with van der Waals surface area (Å²) in [6.07, 6.45) is 1.38. The number of rotatable bonds is 3. The maximum atomic E-state index is 11.0. The second kappa shape index (κ2) is 4.74. The van der Waals surface area contributed by atoms with Crippen LogP contribution in [0.3, 0.4) is 0 Å². The Kier molecular flexibility index (Phi) is 3.15. The highest BCUT2D eigenvalue weighted by Crippen LogP contribution is 2.20. The molecule has 2 aromatic rings. The third kappa shape index (κ3) is 2.88.